The maximum Gasteiger partial charge on any atom is 0.231 e. The van der Waals surface area contributed by atoms with E-state index in [0.717, 1.165) is 17.4 Å². The van der Waals surface area contributed by atoms with Crippen LogP contribution in [-0.4, -0.2) is 16.8 Å². The Kier molecular flexibility index (Phi) is 3.36. The van der Waals surface area contributed by atoms with Crippen molar-refractivity contribution in [2.45, 2.75) is 58.0 Å². The highest BCUT2D eigenvalue weighted by atomic mass is 35.5. The normalized spacial score (nSPS) is 41.1. The Hall–Kier alpha value is -1.09. The van der Waals surface area contributed by atoms with Gasteiger partial charge in [-0.2, -0.15) is 0 Å². The van der Waals surface area contributed by atoms with Crippen LogP contribution in [-0.2, 0) is 4.79 Å². The van der Waals surface area contributed by atoms with Crippen LogP contribution < -0.4 is 0 Å². The topological polar surface area (TPSA) is 20.3 Å². The summed E-state index contributed by atoms with van der Waals surface area (Å²) in [7, 11) is 0. The third kappa shape index (κ3) is 2.17. The molecule has 5 fully saturated rings. The Morgan fingerprint density at radius 3 is 2.24 bits per heavy atom. The first kappa shape index (κ1) is 16.1. The van der Waals surface area contributed by atoms with E-state index in [4.69, 9.17) is 11.6 Å². The fraction of sp³-hybridized carbons (Fsp3) is 0.667. The Morgan fingerprint density at radius 2 is 1.68 bits per heavy atom. The number of hydrogen-bond acceptors (Lipinski definition) is 1. The van der Waals surface area contributed by atoms with E-state index < -0.39 is 11.2 Å². The van der Waals surface area contributed by atoms with E-state index in [-0.39, 0.29) is 17.0 Å². The van der Waals surface area contributed by atoms with Gasteiger partial charge >= 0.3 is 0 Å². The number of nitrogens with zero attached hydrogens (tertiary/aromatic N) is 1. The van der Waals surface area contributed by atoms with Crippen LogP contribution >= 0.6 is 11.6 Å². The number of rotatable bonds is 2. The molecular weight excluding hydrogens is 337 g/mol. The highest BCUT2D eigenvalue weighted by Crippen LogP contribution is 2.60. The van der Waals surface area contributed by atoms with Gasteiger partial charge in [0.15, 0.2) is 0 Å². The summed E-state index contributed by atoms with van der Waals surface area (Å²) in [5, 5.41) is 0.151. The molecule has 1 unspecified atom stereocenters. The number of halogens is 2. The lowest BCUT2D eigenvalue weighted by atomic mass is 9.52. The molecule has 6 rings (SSSR count). The Labute approximate surface area is 153 Å². The van der Waals surface area contributed by atoms with Gasteiger partial charge in [-0.1, -0.05) is 17.7 Å². The van der Waals surface area contributed by atoms with Gasteiger partial charge < -0.3 is 4.90 Å². The molecule has 0 radical (unpaired) electrons. The molecule has 1 aromatic carbocycles. The molecule has 25 heavy (non-hydrogen) atoms. The van der Waals surface area contributed by atoms with Gasteiger partial charge in [-0.3, -0.25) is 4.79 Å². The molecule has 1 heterocycles. The molecule has 2 nitrogen and oxygen atoms in total. The number of carbonyl (C=O) groups is 1. The lowest BCUT2D eigenvalue weighted by Gasteiger charge is -2.64. The molecule has 4 bridgehead atoms. The van der Waals surface area contributed by atoms with E-state index in [0.29, 0.717) is 17.9 Å². The smallest absolute Gasteiger partial charge is 0.231 e. The average molecular weight is 362 g/mol. The minimum atomic E-state index is -0.435. The first-order chi connectivity index (χ1) is 11.9. The maximum absolute atomic E-state index is 13.6. The molecule has 0 aromatic heterocycles. The van der Waals surface area contributed by atoms with Crippen molar-refractivity contribution < 1.29 is 9.18 Å². The molecule has 134 valence electrons. The summed E-state index contributed by atoms with van der Waals surface area (Å²) >= 11 is 6.04. The van der Waals surface area contributed by atoms with Crippen molar-refractivity contribution in [2.75, 3.05) is 0 Å². The number of carbonyl (C=O) groups excluding carboxylic acids is 1. The second-order valence-corrected chi connectivity index (χ2v) is 9.84. The van der Waals surface area contributed by atoms with E-state index in [9.17, 15) is 9.18 Å². The van der Waals surface area contributed by atoms with Crippen molar-refractivity contribution in [1.82, 2.24) is 4.90 Å². The van der Waals surface area contributed by atoms with Gasteiger partial charge in [-0.05, 0) is 87.3 Å². The quantitative estimate of drug-likeness (QED) is 0.662. The van der Waals surface area contributed by atoms with Crippen LogP contribution in [0.5, 0.6) is 0 Å². The molecule has 4 aliphatic carbocycles. The van der Waals surface area contributed by atoms with Gasteiger partial charge in [0.1, 0.15) is 5.82 Å². The average Bonchev–Trinajstić information content (AvgIpc) is 2.55. The molecule has 1 amide bonds. The van der Waals surface area contributed by atoms with E-state index in [1.165, 1.54) is 38.2 Å². The van der Waals surface area contributed by atoms with E-state index in [1.807, 2.05) is 19.9 Å². The highest BCUT2D eigenvalue weighted by molar-refractivity contribution is 6.30. The van der Waals surface area contributed by atoms with Gasteiger partial charge in [0.2, 0.25) is 5.91 Å². The molecule has 1 saturated heterocycles. The van der Waals surface area contributed by atoms with Gasteiger partial charge in [0, 0.05) is 6.04 Å². The van der Waals surface area contributed by atoms with Crippen LogP contribution in [0.25, 0.3) is 0 Å². The fourth-order valence-electron chi connectivity index (χ4n) is 6.77. The molecule has 1 atom stereocenters. The van der Waals surface area contributed by atoms with Crippen LogP contribution in [0.3, 0.4) is 0 Å². The van der Waals surface area contributed by atoms with Crippen LogP contribution in [0, 0.1) is 34.9 Å². The van der Waals surface area contributed by atoms with Gasteiger partial charge in [0.05, 0.1) is 16.5 Å². The van der Waals surface area contributed by atoms with Crippen molar-refractivity contribution in [3.63, 3.8) is 0 Å². The third-order valence-corrected chi connectivity index (χ3v) is 7.79. The van der Waals surface area contributed by atoms with E-state index in [2.05, 4.69) is 4.90 Å². The van der Waals surface area contributed by atoms with Gasteiger partial charge in [-0.15, -0.1) is 0 Å². The monoisotopic (exact) mass is 361 g/mol. The standard InChI is InChI=1S/C21H25ClFNO/c1-21(2)19(13-3-4-17(23)16(22)10-13)24(20(21)25)18-14-6-11-5-12(8-14)9-15(18)7-11/h3-4,10-12,14-15,18-19H,5-9H2,1-2H3. The first-order valence-corrected chi connectivity index (χ1v) is 10.0. The molecule has 5 aliphatic rings. The summed E-state index contributed by atoms with van der Waals surface area (Å²) in [6.45, 7) is 4.04. The highest BCUT2D eigenvalue weighted by Gasteiger charge is 2.61. The summed E-state index contributed by atoms with van der Waals surface area (Å²) < 4.78 is 13.6. The number of hydrogen-bond donors (Lipinski definition) is 0. The molecule has 0 N–H and O–H groups in total. The van der Waals surface area contributed by atoms with Gasteiger partial charge in [0.25, 0.3) is 0 Å². The molecule has 1 aliphatic heterocycles. The Balaban J connectivity index is 1.51. The predicted molar refractivity (Wildman–Crippen MR) is 95.6 cm³/mol. The van der Waals surface area contributed by atoms with Crippen LogP contribution in [0.15, 0.2) is 18.2 Å². The first-order valence-electron chi connectivity index (χ1n) is 9.64. The number of amides is 1. The third-order valence-electron chi connectivity index (χ3n) is 7.51. The zero-order valence-electron chi connectivity index (χ0n) is 14.8. The van der Waals surface area contributed by atoms with Crippen molar-refractivity contribution in [3.05, 3.63) is 34.6 Å². The minimum Gasteiger partial charge on any atom is -0.331 e. The number of likely N-dealkylation sites (tertiary alicyclic amines) is 1. The molecule has 0 spiro atoms. The Morgan fingerprint density at radius 1 is 1.08 bits per heavy atom. The molecule has 4 saturated carbocycles. The second kappa shape index (κ2) is 5.22. The van der Waals surface area contributed by atoms with Crippen molar-refractivity contribution in [3.8, 4) is 0 Å². The zero-order chi connectivity index (χ0) is 17.5. The van der Waals surface area contributed by atoms with Crippen molar-refractivity contribution in [2.24, 2.45) is 29.1 Å². The summed E-state index contributed by atoms with van der Waals surface area (Å²) in [6.07, 6.45) is 6.57. The summed E-state index contributed by atoms with van der Waals surface area (Å²) in [5.41, 5.74) is 0.542. The lowest BCUT2D eigenvalue weighted by Crippen LogP contribution is -2.69. The predicted octanol–water partition coefficient (Wildman–Crippen LogP) is 5.21. The molecular formula is C21H25ClFNO. The van der Waals surface area contributed by atoms with E-state index >= 15 is 0 Å². The van der Waals surface area contributed by atoms with Crippen molar-refractivity contribution in [1.29, 1.82) is 0 Å². The fourth-order valence-corrected chi connectivity index (χ4v) is 6.96. The maximum atomic E-state index is 13.6. The second-order valence-electron chi connectivity index (χ2n) is 9.43. The Bertz CT molecular complexity index is 717. The number of β-lactam (4-membered cyclic amide) rings is 1. The SMILES string of the molecule is CC1(C)C(=O)N(C2C3CC4CC(C3)CC2C4)C1c1ccc(F)c(Cl)c1. The largest absolute Gasteiger partial charge is 0.331 e. The summed E-state index contributed by atoms with van der Waals surface area (Å²) in [5.74, 6) is 2.97. The van der Waals surface area contributed by atoms with Crippen LogP contribution in [0.4, 0.5) is 4.39 Å². The van der Waals surface area contributed by atoms with Crippen molar-refractivity contribution >= 4 is 17.5 Å². The summed E-state index contributed by atoms with van der Waals surface area (Å²) in [4.78, 5) is 15.2. The zero-order valence-corrected chi connectivity index (χ0v) is 15.6. The molecule has 1 aromatic rings. The minimum absolute atomic E-state index is 0.0145. The van der Waals surface area contributed by atoms with E-state index in [1.54, 1.807) is 6.07 Å². The summed E-state index contributed by atoms with van der Waals surface area (Å²) in [6, 6.07) is 5.36. The van der Waals surface area contributed by atoms with Gasteiger partial charge in [-0.25, -0.2) is 4.39 Å². The van der Waals surface area contributed by atoms with Crippen LogP contribution in [0.2, 0.25) is 5.02 Å². The molecule has 4 heteroatoms. The number of benzene rings is 1. The lowest BCUT2D eigenvalue weighted by molar-refractivity contribution is -0.191. The van der Waals surface area contributed by atoms with Crippen LogP contribution in [0.1, 0.15) is 57.6 Å².